The summed E-state index contributed by atoms with van der Waals surface area (Å²) in [5.74, 6) is 0.811. The molecule has 1 aromatic rings. The van der Waals surface area contributed by atoms with E-state index < -0.39 is 0 Å². The Balaban J connectivity index is 3.24. The third-order valence-electron chi connectivity index (χ3n) is 3.00. The van der Waals surface area contributed by atoms with Gasteiger partial charge in [-0.05, 0) is 30.2 Å². The van der Waals surface area contributed by atoms with Gasteiger partial charge in [0.25, 0.3) is 0 Å². The van der Waals surface area contributed by atoms with Crippen LogP contribution in [0.1, 0.15) is 37.9 Å². The van der Waals surface area contributed by atoms with Crippen molar-refractivity contribution in [3.05, 3.63) is 29.3 Å². The molecule has 0 saturated carbocycles. The zero-order valence-corrected chi connectivity index (χ0v) is 11.4. The molecule has 0 spiro atoms. The normalized spacial score (nSPS) is 13.5. The van der Waals surface area contributed by atoms with Crippen molar-refractivity contribution in [1.82, 2.24) is 5.32 Å². The van der Waals surface area contributed by atoms with Gasteiger partial charge in [0.1, 0.15) is 5.75 Å². The lowest BCUT2D eigenvalue weighted by atomic mass is 9.85. The minimum absolute atomic E-state index is 0.0560. The van der Waals surface area contributed by atoms with E-state index in [1.165, 1.54) is 5.56 Å². The van der Waals surface area contributed by atoms with Gasteiger partial charge in [-0.25, -0.2) is 0 Å². The summed E-state index contributed by atoms with van der Waals surface area (Å²) in [6.07, 6.45) is 0. The Bertz CT molecular complexity index is 365. The number of benzene rings is 1. The predicted molar refractivity (Wildman–Crippen MR) is 70.6 cm³/mol. The van der Waals surface area contributed by atoms with Gasteiger partial charge in [0.15, 0.2) is 0 Å². The molecule has 96 valence electrons. The first kappa shape index (κ1) is 14.0. The van der Waals surface area contributed by atoms with Gasteiger partial charge < -0.3 is 15.2 Å². The molecule has 3 heteroatoms. The van der Waals surface area contributed by atoms with Gasteiger partial charge in [-0.3, -0.25) is 0 Å². The third kappa shape index (κ3) is 3.20. The first-order chi connectivity index (χ1) is 7.93. The van der Waals surface area contributed by atoms with E-state index in [9.17, 15) is 5.11 Å². The van der Waals surface area contributed by atoms with Gasteiger partial charge in [-0.2, -0.15) is 0 Å². The van der Waals surface area contributed by atoms with Gasteiger partial charge in [0.2, 0.25) is 0 Å². The van der Waals surface area contributed by atoms with Crippen LogP contribution in [0.15, 0.2) is 18.2 Å². The van der Waals surface area contributed by atoms with Gasteiger partial charge in [0, 0.05) is 5.56 Å². The molecule has 0 radical (unpaired) electrons. The summed E-state index contributed by atoms with van der Waals surface area (Å²) in [7, 11) is 3.49. The summed E-state index contributed by atoms with van der Waals surface area (Å²) < 4.78 is 5.35. The van der Waals surface area contributed by atoms with Crippen molar-refractivity contribution in [3.8, 4) is 5.75 Å². The highest BCUT2D eigenvalue weighted by atomic mass is 16.5. The molecule has 0 heterocycles. The molecule has 1 atom stereocenters. The number of rotatable bonds is 4. The molecule has 0 amide bonds. The largest absolute Gasteiger partial charge is 0.496 e. The topological polar surface area (TPSA) is 41.5 Å². The smallest absolute Gasteiger partial charge is 0.123 e. The molecule has 2 N–H and O–H groups in total. The van der Waals surface area contributed by atoms with Gasteiger partial charge in [0.05, 0.1) is 19.8 Å². The first-order valence-electron chi connectivity index (χ1n) is 5.90. The van der Waals surface area contributed by atoms with Crippen LogP contribution in [-0.4, -0.2) is 25.9 Å². The molecule has 1 aromatic carbocycles. The van der Waals surface area contributed by atoms with Crippen molar-refractivity contribution in [1.29, 1.82) is 0 Å². The lowest BCUT2D eigenvalue weighted by molar-refractivity contribution is 0.247. The zero-order valence-electron chi connectivity index (χ0n) is 11.4. The van der Waals surface area contributed by atoms with Crippen molar-refractivity contribution in [2.45, 2.75) is 32.2 Å². The summed E-state index contributed by atoms with van der Waals surface area (Å²) >= 11 is 0. The summed E-state index contributed by atoms with van der Waals surface area (Å²) in [5.41, 5.74) is 2.33. The van der Waals surface area contributed by atoms with Crippen LogP contribution in [0.4, 0.5) is 0 Å². The Labute approximate surface area is 104 Å². The number of aliphatic hydroxyl groups is 1. The standard InChI is InChI=1S/C14H23NO2/c1-14(2,3)10-6-7-13(17-5)11(8-10)12(9-16)15-4/h6-8,12,15-16H,9H2,1-5H3. The van der Waals surface area contributed by atoms with E-state index in [-0.39, 0.29) is 18.1 Å². The minimum Gasteiger partial charge on any atom is -0.496 e. The molecule has 3 nitrogen and oxygen atoms in total. The number of methoxy groups -OCH3 is 1. The van der Waals surface area contributed by atoms with Crippen LogP contribution in [0.3, 0.4) is 0 Å². The zero-order chi connectivity index (χ0) is 13.1. The number of hydrogen-bond acceptors (Lipinski definition) is 3. The predicted octanol–water partition coefficient (Wildman–Crippen LogP) is 2.25. The summed E-state index contributed by atoms with van der Waals surface area (Å²) in [4.78, 5) is 0. The van der Waals surface area contributed by atoms with Crippen LogP contribution in [0.25, 0.3) is 0 Å². The van der Waals surface area contributed by atoms with E-state index in [0.717, 1.165) is 11.3 Å². The second-order valence-electron chi connectivity index (χ2n) is 5.23. The van der Waals surface area contributed by atoms with Crippen LogP contribution in [0, 0.1) is 0 Å². The van der Waals surface area contributed by atoms with Gasteiger partial charge >= 0.3 is 0 Å². The fourth-order valence-corrected chi connectivity index (χ4v) is 1.82. The van der Waals surface area contributed by atoms with Crippen LogP contribution in [-0.2, 0) is 5.41 Å². The average Bonchev–Trinajstić information content (AvgIpc) is 2.29. The Kier molecular flexibility index (Phi) is 4.54. The van der Waals surface area contributed by atoms with Gasteiger partial charge in [-0.15, -0.1) is 0 Å². The average molecular weight is 237 g/mol. The highest BCUT2D eigenvalue weighted by Crippen LogP contribution is 2.31. The number of likely N-dealkylation sites (N-methyl/N-ethyl adjacent to an activating group) is 1. The maximum Gasteiger partial charge on any atom is 0.123 e. The van der Waals surface area contributed by atoms with Crippen molar-refractivity contribution in [2.75, 3.05) is 20.8 Å². The maximum absolute atomic E-state index is 9.38. The number of aliphatic hydroxyl groups excluding tert-OH is 1. The molecular weight excluding hydrogens is 214 g/mol. The van der Waals surface area contributed by atoms with Crippen LogP contribution in [0.5, 0.6) is 5.75 Å². The highest BCUT2D eigenvalue weighted by molar-refractivity contribution is 5.41. The van der Waals surface area contributed by atoms with E-state index in [1.807, 2.05) is 13.1 Å². The molecule has 0 saturated heterocycles. The molecule has 0 bridgehead atoms. The van der Waals surface area contributed by atoms with E-state index in [0.29, 0.717) is 0 Å². The fraction of sp³-hybridized carbons (Fsp3) is 0.571. The van der Waals surface area contributed by atoms with E-state index >= 15 is 0 Å². The van der Waals surface area contributed by atoms with E-state index in [4.69, 9.17) is 4.74 Å². The summed E-state index contributed by atoms with van der Waals surface area (Å²) in [6.45, 7) is 6.57. The van der Waals surface area contributed by atoms with Gasteiger partial charge in [-0.1, -0.05) is 26.8 Å². The number of hydrogen-bond donors (Lipinski definition) is 2. The van der Waals surface area contributed by atoms with E-state index in [1.54, 1.807) is 7.11 Å². The molecule has 0 aliphatic carbocycles. The second kappa shape index (κ2) is 5.52. The highest BCUT2D eigenvalue weighted by Gasteiger charge is 2.19. The quantitative estimate of drug-likeness (QED) is 0.844. The Hall–Kier alpha value is -1.06. The molecule has 0 aromatic heterocycles. The first-order valence-corrected chi connectivity index (χ1v) is 5.90. The molecule has 0 aliphatic heterocycles. The van der Waals surface area contributed by atoms with Crippen molar-refractivity contribution in [2.24, 2.45) is 0 Å². The summed E-state index contributed by atoms with van der Waals surface area (Å²) in [5, 5.41) is 12.5. The Morgan fingerprint density at radius 2 is 2.00 bits per heavy atom. The van der Waals surface area contributed by atoms with Crippen LogP contribution < -0.4 is 10.1 Å². The number of ether oxygens (including phenoxy) is 1. The van der Waals surface area contributed by atoms with Crippen molar-refractivity contribution < 1.29 is 9.84 Å². The molecule has 17 heavy (non-hydrogen) atoms. The lowest BCUT2D eigenvalue weighted by Crippen LogP contribution is -2.22. The van der Waals surface area contributed by atoms with Crippen molar-refractivity contribution >= 4 is 0 Å². The van der Waals surface area contributed by atoms with Crippen LogP contribution in [0.2, 0.25) is 0 Å². The molecule has 0 aliphatic rings. The van der Waals surface area contributed by atoms with Crippen molar-refractivity contribution in [3.63, 3.8) is 0 Å². The van der Waals surface area contributed by atoms with Crippen LogP contribution >= 0.6 is 0 Å². The molecular formula is C14H23NO2. The third-order valence-corrected chi connectivity index (χ3v) is 3.00. The summed E-state index contributed by atoms with van der Waals surface area (Å²) in [6, 6.07) is 6.06. The van der Waals surface area contributed by atoms with E-state index in [2.05, 4.69) is 38.2 Å². The number of nitrogens with one attached hydrogen (secondary N) is 1. The molecule has 1 rings (SSSR count). The molecule has 0 fully saturated rings. The lowest BCUT2D eigenvalue weighted by Gasteiger charge is -2.23. The second-order valence-corrected chi connectivity index (χ2v) is 5.23. The minimum atomic E-state index is -0.0905. The Morgan fingerprint density at radius 1 is 1.35 bits per heavy atom. The fourth-order valence-electron chi connectivity index (χ4n) is 1.82. The maximum atomic E-state index is 9.38. The SMILES string of the molecule is CNC(CO)c1cc(C(C)(C)C)ccc1OC. The Morgan fingerprint density at radius 3 is 2.41 bits per heavy atom. The monoisotopic (exact) mass is 237 g/mol. The molecule has 1 unspecified atom stereocenters.